The van der Waals surface area contributed by atoms with Crippen LogP contribution in [0.25, 0.3) is 11.5 Å². The Morgan fingerprint density at radius 3 is 2.61 bits per heavy atom. The lowest BCUT2D eigenvalue weighted by atomic mass is 10.2. The summed E-state index contributed by atoms with van der Waals surface area (Å²) in [5.74, 6) is 1.35. The van der Waals surface area contributed by atoms with E-state index in [2.05, 4.69) is 10.2 Å². The van der Waals surface area contributed by atoms with Crippen molar-refractivity contribution in [2.45, 2.75) is 30.2 Å². The first-order chi connectivity index (χ1) is 11.2. The Kier molecular flexibility index (Phi) is 4.85. The van der Waals surface area contributed by atoms with E-state index in [1.807, 2.05) is 36.1 Å². The van der Waals surface area contributed by atoms with Crippen LogP contribution < -0.4 is 4.74 Å². The molecule has 0 aliphatic carbocycles. The van der Waals surface area contributed by atoms with E-state index in [1.165, 1.54) is 11.8 Å². The molecule has 3 rings (SSSR count). The van der Waals surface area contributed by atoms with Gasteiger partial charge in [-0.25, -0.2) is 0 Å². The van der Waals surface area contributed by atoms with Crippen molar-refractivity contribution in [3.05, 3.63) is 24.3 Å². The van der Waals surface area contributed by atoms with E-state index in [0.717, 1.165) is 37.2 Å². The fourth-order valence-corrected chi connectivity index (χ4v) is 3.27. The molecule has 7 heteroatoms. The summed E-state index contributed by atoms with van der Waals surface area (Å²) in [6, 6.07) is 7.40. The first-order valence-corrected chi connectivity index (χ1v) is 8.48. The number of thioether (sulfide) groups is 1. The number of carbonyl (C=O) groups excluding carboxylic acids is 1. The van der Waals surface area contributed by atoms with Crippen molar-refractivity contribution in [1.29, 1.82) is 0 Å². The summed E-state index contributed by atoms with van der Waals surface area (Å²) in [4.78, 5) is 14.2. The van der Waals surface area contributed by atoms with Gasteiger partial charge in [0.15, 0.2) is 0 Å². The molecular weight excluding hydrogens is 314 g/mol. The smallest absolute Gasteiger partial charge is 0.277 e. The molecule has 1 aliphatic rings. The minimum absolute atomic E-state index is 0.136. The molecule has 23 heavy (non-hydrogen) atoms. The van der Waals surface area contributed by atoms with Crippen LogP contribution in [-0.2, 0) is 4.79 Å². The molecule has 2 heterocycles. The van der Waals surface area contributed by atoms with Gasteiger partial charge in [0.2, 0.25) is 11.8 Å². The van der Waals surface area contributed by atoms with Crippen molar-refractivity contribution < 1.29 is 13.9 Å². The molecule has 1 saturated heterocycles. The molecule has 1 aliphatic heterocycles. The average molecular weight is 333 g/mol. The highest BCUT2D eigenvalue weighted by atomic mass is 32.2. The number of likely N-dealkylation sites (tertiary alicyclic amines) is 1. The minimum atomic E-state index is -0.225. The summed E-state index contributed by atoms with van der Waals surface area (Å²) in [5, 5.41) is 8.27. The second-order valence-electron chi connectivity index (χ2n) is 5.39. The number of nitrogens with zero attached hydrogens (tertiary/aromatic N) is 3. The van der Waals surface area contributed by atoms with E-state index in [0.29, 0.717) is 11.1 Å². The van der Waals surface area contributed by atoms with Gasteiger partial charge in [-0.05, 0) is 44.0 Å². The van der Waals surface area contributed by atoms with Crippen LogP contribution in [0.2, 0.25) is 0 Å². The summed E-state index contributed by atoms with van der Waals surface area (Å²) >= 11 is 1.31. The number of aromatic nitrogens is 2. The van der Waals surface area contributed by atoms with Gasteiger partial charge in [-0.2, -0.15) is 0 Å². The highest BCUT2D eigenvalue weighted by molar-refractivity contribution is 8.00. The normalized spacial score (nSPS) is 15.7. The number of hydrogen-bond donors (Lipinski definition) is 0. The predicted molar refractivity (Wildman–Crippen MR) is 87.4 cm³/mol. The molecule has 0 radical (unpaired) electrons. The molecule has 0 N–H and O–H groups in total. The number of ether oxygens (including phenoxy) is 1. The standard InChI is InChI=1S/C16H19N3O3S/c1-11(15(20)19-9-3-4-10-19)23-16-18-17-14(22-16)12-5-7-13(21-2)8-6-12/h5-8,11H,3-4,9-10H2,1-2H3/t11-/m0/s1. The molecule has 0 bridgehead atoms. The Morgan fingerprint density at radius 2 is 1.96 bits per heavy atom. The SMILES string of the molecule is COc1ccc(-c2nnc(S[C@@H](C)C(=O)N3CCCC3)o2)cc1. The Balaban J connectivity index is 1.65. The largest absolute Gasteiger partial charge is 0.497 e. The summed E-state index contributed by atoms with van der Waals surface area (Å²) in [5.41, 5.74) is 0.823. The molecule has 1 amide bonds. The second-order valence-corrected chi connectivity index (χ2v) is 6.69. The molecule has 0 unspecified atom stereocenters. The van der Waals surface area contributed by atoms with Crippen molar-refractivity contribution >= 4 is 17.7 Å². The summed E-state index contributed by atoms with van der Waals surface area (Å²) in [6.07, 6.45) is 2.18. The van der Waals surface area contributed by atoms with Gasteiger partial charge >= 0.3 is 0 Å². The molecule has 0 spiro atoms. The fourth-order valence-electron chi connectivity index (χ4n) is 2.50. The summed E-state index contributed by atoms with van der Waals surface area (Å²) in [6.45, 7) is 3.58. The van der Waals surface area contributed by atoms with Gasteiger partial charge < -0.3 is 14.1 Å². The molecule has 0 saturated carbocycles. The van der Waals surface area contributed by atoms with Gasteiger partial charge in [0.05, 0.1) is 12.4 Å². The lowest BCUT2D eigenvalue weighted by Crippen LogP contribution is -2.34. The number of rotatable bonds is 5. The average Bonchev–Trinajstić information content (AvgIpc) is 3.26. The lowest BCUT2D eigenvalue weighted by Gasteiger charge is -2.18. The predicted octanol–water partition coefficient (Wildman–Crippen LogP) is 2.85. The van der Waals surface area contributed by atoms with Crippen LogP contribution in [0.5, 0.6) is 5.75 Å². The van der Waals surface area contributed by atoms with Gasteiger partial charge in [0.25, 0.3) is 5.22 Å². The van der Waals surface area contributed by atoms with Crippen LogP contribution in [0.4, 0.5) is 0 Å². The third kappa shape index (κ3) is 3.67. The molecule has 1 fully saturated rings. The van der Waals surface area contributed by atoms with Crippen LogP contribution >= 0.6 is 11.8 Å². The number of hydrogen-bond acceptors (Lipinski definition) is 6. The third-order valence-electron chi connectivity index (χ3n) is 3.79. The maximum Gasteiger partial charge on any atom is 0.277 e. The van der Waals surface area contributed by atoms with Gasteiger partial charge in [-0.15, -0.1) is 10.2 Å². The van der Waals surface area contributed by atoms with E-state index in [1.54, 1.807) is 7.11 Å². The molecular formula is C16H19N3O3S. The Labute approximate surface area is 139 Å². The first-order valence-electron chi connectivity index (χ1n) is 7.61. The maximum atomic E-state index is 12.3. The zero-order valence-corrected chi connectivity index (χ0v) is 14.0. The highest BCUT2D eigenvalue weighted by Crippen LogP contribution is 2.28. The Morgan fingerprint density at radius 1 is 1.26 bits per heavy atom. The van der Waals surface area contributed by atoms with E-state index >= 15 is 0 Å². The van der Waals surface area contributed by atoms with Crippen molar-refractivity contribution in [3.63, 3.8) is 0 Å². The molecule has 6 nitrogen and oxygen atoms in total. The maximum absolute atomic E-state index is 12.3. The molecule has 2 aromatic rings. The fraction of sp³-hybridized carbons (Fsp3) is 0.438. The molecule has 122 valence electrons. The van der Waals surface area contributed by atoms with E-state index in [4.69, 9.17) is 9.15 Å². The first kappa shape index (κ1) is 15.9. The van der Waals surface area contributed by atoms with Crippen LogP contribution in [0, 0.1) is 0 Å². The zero-order chi connectivity index (χ0) is 16.2. The second kappa shape index (κ2) is 7.04. The van der Waals surface area contributed by atoms with Crippen LogP contribution in [0.3, 0.4) is 0 Å². The topological polar surface area (TPSA) is 68.5 Å². The monoisotopic (exact) mass is 333 g/mol. The summed E-state index contributed by atoms with van der Waals surface area (Å²) in [7, 11) is 1.62. The van der Waals surface area contributed by atoms with Gasteiger partial charge in [0.1, 0.15) is 5.75 Å². The highest BCUT2D eigenvalue weighted by Gasteiger charge is 2.25. The minimum Gasteiger partial charge on any atom is -0.497 e. The van der Waals surface area contributed by atoms with E-state index in [-0.39, 0.29) is 11.2 Å². The molecule has 1 aromatic carbocycles. The summed E-state index contributed by atoms with van der Waals surface area (Å²) < 4.78 is 10.8. The quantitative estimate of drug-likeness (QED) is 0.784. The third-order valence-corrected chi connectivity index (χ3v) is 4.71. The van der Waals surface area contributed by atoms with E-state index < -0.39 is 0 Å². The van der Waals surface area contributed by atoms with Crippen molar-refractivity contribution in [1.82, 2.24) is 15.1 Å². The number of carbonyl (C=O) groups is 1. The Bertz CT molecular complexity index is 665. The number of amides is 1. The van der Waals surface area contributed by atoms with Gasteiger partial charge in [-0.3, -0.25) is 4.79 Å². The van der Waals surface area contributed by atoms with Crippen LogP contribution in [0.1, 0.15) is 19.8 Å². The van der Waals surface area contributed by atoms with Crippen LogP contribution in [-0.4, -0.2) is 46.5 Å². The van der Waals surface area contributed by atoms with Gasteiger partial charge in [0, 0.05) is 18.7 Å². The number of benzene rings is 1. The lowest BCUT2D eigenvalue weighted by molar-refractivity contribution is -0.129. The van der Waals surface area contributed by atoms with Crippen molar-refractivity contribution in [3.8, 4) is 17.2 Å². The van der Waals surface area contributed by atoms with Crippen molar-refractivity contribution in [2.75, 3.05) is 20.2 Å². The van der Waals surface area contributed by atoms with Gasteiger partial charge in [-0.1, -0.05) is 11.8 Å². The van der Waals surface area contributed by atoms with Crippen LogP contribution in [0.15, 0.2) is 33.9 Å². The van der Waals surface area contributed by atoms with E-state index in [9.17, 15) is 4.79 Å². The molecule has 1 aromatic heterocycles. The van der Waals surface area contributed by atoms with Crippen molar-refractivity contribution in [2.24, 2.45) is 0 Å². The zero-order valence-electron chi connectivity index (χ0n) is 13.2. The molecule has 1 atom stereocenters. The Hall–Kier alpha value is -2.02. The number of methoxy groups -OCH3 is 1.